The molecule has 2 amide bonds. The Hall–Kier alpha value is -3.24. The highest BCUT2D eigenvalue weighted by molar-refractivity contribution is 6.32. The fraction of sp³-hybridized carbons (Fsp3) is 0.423. The van der Waals surface area contributed by atoms with Crippen molar-refractivity contribution in [2.75, 3.05) is 29.9 Å². The van der Waals surface area contributed by atoms with Crippen molar-refractivity contribution >= 4 is 34.8 Å². The average Bonchev–Trinajstić information content (AvgIpc) is 2.86. The summed E-state index contributed by atoms with van der Waals surface area (Å²) in [6, 6.07) is 14.7. The van der Waals surface area contributed by atoms with Crippen LogP contribution in [0.4, 0.5) is 11.4 Å². The van der Waals surface area contributed by atoms with Gasteiger partial charge in [0.1, 0.15) is 24.0 Å². The largest absolute Gasteiger partial charge is 0.489 e. The summed E-state index contributed by atoms with van der Waals surface area (Å²) in [6.45, 7) is 3.70. The van der Waals surface area contributed by atoms with Crippen molar-refractivity contribution < 1.29 is 14.3 Å². The number of ether oxygens (including phenoxy) is 1. The number of nitrogens with one attached hydrogen (secondary N) is 1. The Morgan fingerprint density at radius 2 is 1.85 bits per heavy atom. The summed E-state index contributed by atoms with van der Waals surface area (Å²) in [5, 5.41) is 12.7. The average molecular weight is 481 g/mol. The predicted molar refractivity (Wildman–Crippen MR) is 132 cm³/mol. The second-order valence-corrected chi connectivity index (χ2v) is 9.20. The standard InChI is InChI=1S/C26H29ClN4O3/c1-18(32)31-13-5-4-8-24(31)26(33)29-20-9-10-25(22(27)16-20)34-21-11-14-30(15-12-21)23-7-3-2-6-19(23)17-28/h2-3,6-7,9-10,16,21,24H,4-5,8,11-15H2,1H3,(H,29,33). The molecule has 0 spiro atoms. The van der Waals surface area contributed by atoms with Crippen molar-refractivity contribution in [3.8, 4) is 11.8 Å². The molecule has 2 saturated heterocycles. The number of anilines is 2. The molecule has 1 unspecified atom stereocenters. The highest BCUT2D eigenvalue weighted by Gasteiger charge is 2.30. The number of carbonyl (C=O) groups excluding carboxylic acids is 2. The van der Waals surface area contributed by atoms with E-state index in [1.165, 1.54) is 6.92 Å². The van der Waals surface area contributed by atoms with Crippen LogP contribution in [0.5, 0.6) is 5.75 Å². The Labute approximate surface area is 205 Å². The Morgan fingerprint density at radius 3 is 2.56 bits per heavy atom. The van der Waals surface area contributed by atoms with Crippen LogP contribution in [0.3, 0.4) is 0 Å². The molecule has 4 rings (SSSR count). The summed E-state index contributed by atoms with van der Waals surface area (Å²) in [5.74, 6) is 0.312. The summed E-state index contributed by atoms with van der Waals surface area (Å²) in [6.07, 6.45) is 4.17. The Bertz CT molecular complexity index is 1090. The van der Waals surface area contributed by atoms with Gasteiger partial charge in [-0.2, -0.15) is 5.26 Å². The van der Waals surface area contributed by atoms with Gasteiger partial charge in [0.25, 0.3) is 0 Å². The summed E-state index contributed by atoms with van der Waals surface area (Å²) >= 11 is 6.47. The molecule has 2 fully saturated rings. The molecule has 2 aromatic rings. The summed E-state index contributed by atoms with van der Waals surface area (Å²) in [7, 11) is 0. The van der Waals surface area contributed by atoms with Gasteiger partial charge in [-0.1, -0.05) is 23.7 Å². The minimum atomic E-state index is -0.447. The SMILES string of the molecule is CC(=O)N1CCCCC1C(=O)Nc1ccc(OC2CCN(c3ccccc3C#N)CC2)c(Cl)c1. The molecule has 2 aliphatic rings. The zero-order valence-corrected chi connectivity index (χ0v) is 20.1. The number of carbonyl (C=O) groups is 2. The minimum absolute atomic E-state index is 0.0230. The molecule has 0 radical (unpaired) electrons. The van der Waals surface area contributed by atoms with Crippen molar-refractivity contribution in [2.24, 2.45) is 0 Å². The lowest BCUT2D eigenvalue weighted by Crippen LogP contribution is -2.49. The number of halogens is 1. The van der Waals surface area contributed by atoms with Crippen LogP contribution in [0.25, 0.3) is 0 Å². The third kappa shape index (κ3) is 5.45. The molecule has 0 bridgehead atoms. The normalized spacial score (nSPS) is 18.8. The van der Waals surface area contributed by atoms with Gasteiger partial charge in [-0.25, -0.2) is 0 Å². The zero-order chi connectivity index (χ0) is 24.1. The molecule has 2 aliphatic heterocycles. The van der Waals surface area contributed by atoms with Crippen molar-refractivity contribution in [1.29, 1.82) is 5.26 Å². The molecule has 8 heteroatoms. The first-order valence-electron chi connectivity index (χ1n) is 11.7. The predicted octanol–water partition coefficient (Wildman–Crippen LogP) is 4.60. The van der Waals surface area contributed by atoms with E-state index < -0.39 is 6.04 Å². The smallest absolute Gasteiger partial charge is 0.247 e. The highest BCUT2D eigenvalue weighted by Crippen LogP contribution is 2.32. The second kappa shape index (κ2) is 10.8. The first-order valence-corrected chi connectivity index (χ1v) is 12.1. The monoisotopic (exact) mass is 480 g/mol. The van der Waals surface area contributed by atoms with Crippen LogP contribution >= 0.6 is 11.6 Å². The van der Waals surface area contributed by atoms with E-state index in [9.17, 15) is 14.9 Å². The highest BCUT2D eigenvalue weighted by atomic mass is 35.5. The first-order chi connectivity index (χ1) is 16.5. The van der Waals surface area contributed by atoms with E-state index in [1.54, 1.807) is 23.1 Å². The van der Waals surface area contributed by atoms with Crippen LogP contribution in [-0.4, -0.2) is 48.5 Å². The maximum Gasteiger partial charge on any atom is 0.247 e. The van der Waals surface area contributed by atoms with Crippen molar-refractivity contribution in [1.82, 2.24) is 4.90 Å². The van der Waals surface area contributed by atoms with Crippen LogP contribution < -0.4 is 15.0 Å². The lowest BCUT2D eigenvalue weighted by Gasteiger charge is -2.34. The van der Waals surface area contributed by atoms with Crippen LogP contribution in [0.2, 0.25) is 5.02 Å². The fourth-order valence-corrected chi connectivity index (χ4v) is 4.94. The maximum atomic E-state index is 12.8. The van der Waals surface area contributed by atoms with Crippen molar-refractivity contribution in [3.63, 3.8) is 0 Å². The molecule has 7 nitrogen and oxygen atoms in total. The molecule has 0 aromatic heterocycles. The Morgan fingerprint density at radius 1 is 1.09 bits per heavy atom. The number of nitrogens with zero attached hydrogens (tertiary/aromatic N) is 3. The number of piperidine rings is 2. The number of nitriles is 1. The quantitative estimate of drug-likeness (QED) is 0.676. The van der Waals surface area contributed by atoms with Crippen LogP contribution in [0, 0.1) is 11.3 Å². The summed E-state index contributed by atoms with van der Waals surface area (Å²) in [5.41, 5.74) is 2.23. The van der Waals surface area contributed by atoms with Gasteiger partial charge in [0.2, 0.25) is 11.8 Å². The fourth-order valence-electron chi connectivity index (χ4n) is 4.72. The van der Waals surface area contributed by atoms with E-state index in [4.69, 9.17) is 16.3 Å². The molecule has 2 aromatic carbocycles. The Kier molecular flexibility index (Phi) is 7.59. The van der Waals surface area contributed by atoms with Crippen LogP contribution in [-0.2, 0) is 9.59 Å². The van der Waals surface area contributed by atoms with Gasteiger partial charge in [0.15, 0.2) is 0 Å². The number of hydrogen-bond donors (Lipinski definition) is 1. The number of rotatable bonds is 5. The molecule has 1 atom stereocenters. The van der Waals surface area contributed by atoms with Crippen LogP contribution in [0.1, 0.15) is 44.6 Å². The summed E-state index contributed by atoms with van der Waals surface area (Å²) in [4.78, 5) is 28.5. The lowest BCUT2D eigenvalue weighted by atomic mass is 10.0. The Balaban J connectivity index is 1.34. The van der Waals surface area contributed by atoms with Gasteiger partial charge in [-0.05, 0) is 49.6 Å². The van der Waals surface area contributed by atoms with Gasteiger partial charge in [-0.3, -0.25) is 9.59 Å². The van der Waals surface area contributed by atoms with E-state index in [-0.39, 0.29) is 17.9 Å². The number of hydrogen-bond acceptors (Lipinski definition) is 5. The van der Waals surface area contributed by atoms with Crippen molar-refractivity contribution in [3.05, 3.63) is 53.1 Å². The number of amides is 2. The van der Waals surface area contributed by atoms with Gasteiger partial charge < -0.3 is 19.9 Å². The van der Waals surface area contributed by atoms with Crippen LogP contribution in [0.15, 0.2) is 42.5 Å². The number of benzene rings is 2. The minimum Gasteiger partial charge on any atom is -0.489 e. The van der Waals surface area contributed by atoms with Gasteiger partial charge in [-0.15, -0.1) is 0 Å². The molecule has 178 valence electrons. The number of para-hydroxylation sites is 1. The molecule has 0 aliphatic carbocycles. The maximum absolute atomic E-state index is 12.8. The lowest BCUT2D eigenvalue weighted by molar-refractivity contribution is -0.138. The van der Waals surface area contributed by atoms with Gasteiger partial charge in [0.05, 0.1) is 16.3 Å². The molecular formula is C26H29ClN4O3. The van der Waals surface area contributed by atoms with Gasteiger partial charge in [0, 0.05) is 45.1 Å². The second-order valence-electron chi connectivity index (χ2n) is 8.79. The van der Waals surface area contributed by atoms with E-state index in [1.807, 2.05) is 24.3 Å². The molecule has 34 heavy (non-hydrogen) atoms. The van der Waals surface area contributed by atoms with Gasteiger partial charge >= 0.3 is 0 Å². The molecule has 0 saturated carbocycles. The third-order valence-corrected chi connectivity index (χ3v) is 6.81. The summed E-state index contributed by atoms with van der Waals surface area (Å²) < 4.78 is 6.16. The third-order valence-electron chi connectivity index (χ3n) is 6.51. The molecular weight excluding hydrogens is 452 g/mol. The number of likely N-dealkylation sites (tertiary alicyclic amines) is 1. The zero-order valence-electron chi connectivity index (χ0n) is 19.3. The molecule has 2 heterocycles. The van der Waals surface area contributed by atoms with E-state index in [2.05, 4.69) is 16.3 Å². The van der Waals surface area contributed by atoms with E-state index in [0.29, 0.717) is 35.0 Å². The van der Waals surface area contributed by atoms with Crippen molar-refractivity contribution in [2.45, 2.75) is 51.2 Å². The first kappa shape index (κ1) is 23.9. The molecule has 1 N–H and O–H groups in total. The van der Waals surface area contributed by atoms with E-state index >= 15 is 0 Å². The topological polar surface area (TPSA) is 85.7 Å². The van der Waals surface area contributed by atoms with E-state index in [0.717, 1.165) is 44.5 Å².